The monoisotopic (exact) mass is 318 g/mol. The number of benzene rings is 1. The third kappa shape index (κ3) is 3.26. The Morgan fingerprint density at radius 1 is 1.30 bits per heavy atom. The molecule has 6 heteroatoms. The van der Waals surface area contributed by atoms with Crippen LogP contribution in [0.2, 0.25) is 0 Å². The van der Waals surface area contributed by atoms with Crippen LogP contribution in [0.5, 0.6) is 0 Å². The molecule has 0 aliphatic heterocycles. The molecule has 0 aliphatic carbocycles. The number of alkyl halides is 1. The fourth-order valence-corrected chi connectivity index (χ4v) is 2.90. The van der Waals surface area contributed by atoms with Gasteiger partial charge in [-0.2, -0.15) is 11.8 Å². The van der Waals surface area contributed by atoms with Crippen LogP contribution in [-0.4, -0.2) is 27.4 Å². The smallest absolute Gasteiger partial charge is 0.184 e. The molecule has 2 rings (SSSR count). The molecular weight excluding hydrogens is 302 g/mol. The standard InChI is InChI=1S/C14H17ClF2N2S/c1-20-9-3-2-8-19-12(6-7-15)18-11-5-4-10(16)13(17)14(11)19/h4-5H,2-3,6-9H2,1H3. The number of hydrogen-bond acceptors (Lipinski definition) is 2. The molecule has 0 saturated heterocycles. The number of unbranched alkanes of at least 4 members (excludes halogenated alkanes) is 1. The molecule has 2 nitrogen and oxygen atoms in total. The largest absolute Gasteiger partial charge is 0.325 e. The van der Waals surface area contributed by atoms with Gasteiger partial charge in [0.15, 0.2) is 11.6 Å². The highest BCUT2D eigenvalue weighted by molar-refractivity contribution is 7.98. The quantitative estimate of drug-likeness (QED) is 0.561. The number of thioether (sulfide) groups is 1. The van der Waals surface area contributed by atoms with E-state index >= 15 is 0 Å². The molecule has 0 bridgehead atoms. The van der Waals surface area contributed by atoms with Crippen molar-refractivity contribution in [1.82, 2.24) is 9.55 Å². The van der Waals surface area contributed by atoms with Crippen LogP contribution in [0.1, 0.15) is 18.7 Å². The molecule has 1 aromatic carbocycles. The summed E-state index contributed by atoms with van der Waals surface area (Å²) in [6.07, 6.45) is 4.57. The molecule has 0 fully saturated rings. The highest BCUT2D eigenvalue weighted by atomic mass is 35.5. The Bertz CT molecular complexity index is 586. The lowest BCUT2D eigenvalue weighted by molar-refractivity contribution is 0.508. The van der Waals surface area contributed by atoms with Crippen molar-refractivity contribution in [2.24, 2.45) is 0 Å². The molecule has 1 aromatic heterocycles. The van der Waals surface area contributed by atoms with Gasteiger partial charge in [0.25, 0.3) is 0 Å². The molecule has 0 spiro atoms. The molecule has 0 N–H and O–H groups in total. The number of imidazole rings is 1. The summed E-state index contributed by atoms with van der Waals surface area (Å²) in [5.74, 6) is 0.552. The first-order valence-corrected chi connectivity index (χ1v) is 8.50. The Hall–Kier alpha value is -0.810. The Morgan fingerprint density at radius 3 is 2.80 bits per heavy atom. The summed E-state index contributed by atoms with van der Waals surface area (Å²) in [5.41, 5.74) is 0.753. The van der Waals surface area contributed by atoms with Crippen molar-refractivity contribution >= 4 is 34.4 Å². The van der Waals surface area contributed by atoms with E-state index in [0.717, 1.165) is 30.5 Å². The third-order valence-corrected chi connectivity index (χ3v) is 4.06. The van der Waals surface area contributed by atoms with Gasteiger partial charge in [-0.05, 0) is 37.0 Å². The van der Waals surface area contributed by atoms with Crippen LogP contribution in [0.15, 0.2) is 12.1 Å². The van der Waals surface area contributed by atoms with Gasteiger partial charge < -0.3 is 4.57 Å². The van der Waals surface area contributed by atoms with Crippen molar-refractivity contribution in [2.45, 2.75) is 25.8 Å². The molecule has 0 radical (unpaired) electrons. The Morgan fingerprint density at radius 2 is 2.10 bits per heavy atom. The zero-order valence-corrected chi connectivity index (χ0v) is 12.9. The number of aromatic nitrogens is 2. The zero-order valence-electron chi connectivity index (χ0n) is 11.3. The van der Waals surface area contributed by atoms with Crippen molar-refractivity contribution in [2.75, 3.05) is 17.9 Å². The molecular formula is C14H17ClF2N2S. The first-order chi connectivity index (χ1) is 9.69. The second-order valence-electron chi connectivity index (χ2n) is 4.55. The van der Waals surface area contributed by atoms with E-state index in [1.54, 1.807) is 16.3 Å². The molecule has 110 valence electrons. The lowest BCUT2D eigenvalue weighted by Crippen LogP contribution is -2.06. The molecule has 0 saturated carbocycles. The van der Waals surface area contributed by atoms with Crippen molar-refractivity contribution in [1.29, 1.82) is 0 Å². The fraction of sp³-hybridized carbons (Fsp3) is 0.500. The fourth-order valence-electron chi connectivity index (χ4n) is 2.24. The van der Waals surface area contributed by atoms with Gasteiger partial charge in [0, 0.05) is 18.8 Å². The van der Waals surface area contributed by atoms with E-state index in [9.17, 15) is 8.78 Å². The van der Waals surface area contributed by atoms with E-state index < -0.39 is 11.6 Å². The summed E-state index contributed by atoms with van der Waals surface area (Å²) >= 11 is 7.55. The average Bonchev–Trinajstić information content (AvgIpc) is 2.78. The lowest BCUT2D eigenvalue weighted by Gasteiger charge is -2.09. The SMILES string of the molecule is CSCCCCn1c(CCCl)nc2ccc(F)c(F)c21. The van der Waals surface area contributed by atoms with Crippen LogP contribution in [0.4, 0.5) is 8.78 Å². The lowest BCUT2D eigenvalue weighted by atomic mass is 10.2. The van der Waals surface area contributed by atoms with Gasteiger partial charge in [-0.25, -0.2) is 13.8 Å². The minimum absolute atomic E-state index is 0.259. The number of halogens is 3. The first-order valence-electron chi connectivity index (χ1n) is 6.57. The van der Waals surface area contributed by atoms with Crippen molar-refractivity contribution < 1.29 is 8.78 Å². The predicted molar refractivity (Wildman–Crippen MR) is 81.7 cm³/mol. The summed E-state index contributed by atoms with van der Waals surface area (Å²) < 4.78 is 29.2. The molecule has 0 aliphatic rings. The maximum Gasteiger partial charge on any atom is 0.184 e. The van der Waals surface area contributed by atoms with Gasteiger partial charge in [-0.1, -0.05) is 0 Å². The minimum Gasteiger partial charge on any atom is -0.325 e. The molecule has 20 heavy (non-hydrogen) atoms. The average molecular weight is 319 g/mol. The second-order valence-corrected chi connectivity index (χ2v) is 5.91. The van der Waals surface area contributed by atoms with Crippen molar-refractivity contribution in [3.63, 3.8) is 0 Å². The molecule has 0 atom stereocenters. The van der Waals surface area contributed by atoms with Gasteiger partial charge in [0.1, 0.15) is 11.3 Å². The normalized spacial score (nSPS) is 11.4. The molecule has 2 aromatic rings. The van der Waals surface area contributed by atoms with E-state index in [1.807, 2.05) is 0 Å². The maximum atomic E-state index is 14.0. The number of nitrogens with zero attached hydrogens (tertiary/aromatic N) is 2. The van der Waals surface area contributed by atoms with E-state index in [4.69, 9.17) is 11.6 Å². The van der Waals surface area contributed by atoms with E-state index in [-0.39, 0.29) is 5.52 Å². The summed E-state index contributed by atoms with van der Waals surface area (Å²) in [7, 11) is 0. The Kier molecular flexibility index (Phi) is 5.66. The van der Waals surface area contributed by atoms with Gasteiger partial charge >= 0.3 is 0 Å². The number of rotatable bonds is 7. The van der Waals surface area contributed by atoms with Crippen LogP contribution in [-0.2, 0) is 13.0 Å². The van der Waals surface area contributed by atoms with Crippen molar-refractivity contribution in [3.8, 4) is 0 Å². The van der Waals surface area contributed by atoms with Crippen LogP contribution < -0.4 is 0 Å². The Balaban J connectivity index is 2.36. The number of fused-ring (bicyclic) bond motifs is 1. The van der Waals surface area contributed by atoms with E-state index in [0.29, 0.717) is 24.4 Å². The number of hydrogen-bond donors (Lipinski definition) is 0. The summed E-state index contributed by atoms with van der Waals surface area (Å²) in [4.78, 5) is 4.37. The highest BCUT2D eigenvalue weighted by Crippen LogP contribution is 2.23. The summed E-state index contributed by atoms with van der Waals surface area (Å²) in [6.45, 7) is 0.643. The zero-order chi connectivity index (χ0) is 14.5. The van der Waals surface area contributed by atoms with Gasteiger partial charge in [0.2, 0.25) is 0 Å². The molecule has 0 unspecified atom stereocenters. The summed E-state index contributed by atoms with van der Waals surface area (Å²) in [5, 5.41) is 0. The Labute approximate surface area is 126 Å². The summed E-state index contributed by atoms with van der Waals surface area (Å²) in [6, 6.07) is 2.64. The van der Waals surface area contributed by atoms with Crippen LogP contribution in [0, 0.1) is 11.6 Å². The third-order valence-electron chi connectivity index (χ3n) is 3.18. The maximum absolute atomic E-state index is 14.0. The minimum atomic E-state index is -0.833. The molecule has 1 heterocycles. The second kappa shape index (κ2) is 7.27. The highest BCUT2D eigenvalue weighted by Gasteiger charge is 2.16. The van der Waals surface area contributed by atoms with Gasteiger partial charge in [0.05, 0.1) is 5.52 Å². The van der Waals surface area contributed by atoms with Crippen molar-refractivity contribution in [3.05, 3.63) is 29.6 Å². The van der Waals surface area contributed by atoms with Crippen LogP contribution in [0.3, 0.4) is 0 Å². The van der Waals surface area contributed by atoms with E-state index in [2.05, 4.69) is 11.2 Å². The van der Waals surface area contributed by atoms with E-state index in [1.165, 1.54) is 6.07 Å². The van der Waals surface area contributed by atoms with Crippen LogP contribution >= 0.6 is 23.4 Å². The first kappa shape index (κ1) is 15.6. The van der Waals surface area contributed by atoms with Crippen LogP contribution in [0.25, 0.3) is 11.0 Å². The van der Waals surface area contributed by atoms with Gasteiger partial charge in [-0.15, -0.1) is 11.6 Å². The topological polar surface area (TPSA) is 17.8 Å². The molecule has 0 amide bonds. The van der Waals surface area contributed by atoms with Gasteiger partial charge in [-0.3, -0.25) is 0 Å². The number of aryl methyl sites for hydroxylation is 2. The predicted octanol–water partition coefficient (Wildman–Crippen LogP) is 4.24.